The van der Waals surface area contributed by atoms with Crippen LogP contribution in [0.1, 0.15) is 44.6 Å². The van der Waals surface area contributed by atoms with Crippen LogP contribution in [0.5, 0.6) is 0 Å². The zero-order valence-corrected chi connectivity index (χ0v) is 12.0. The van der Waals surface area contributed by atoms with Gasteiger partial charge in [0.15, 0.2) is 0 Å². The van der Waals surface area contributed by atoms with E-state index < -0.39 is 0 Å². The lowest BCUT2D eigenvalue weighted by molar-refractivity contribution is 0.0257. The molecule has 17 heavy (non-hydrogen) atoms. The summed E-state index contributed by atoms with van der Waals surface area (Å²) in [4.78, 5) is 0. The van der Waals surface area contributed by atoms with Crippen molar-refractivity contribution in [2.24, 2.45) is 5.41 Å². The second kappa shape index (κ2) is 5.53. The highest BCUT2D eigenvalue weighted by Gasteiger charge is 2.38. The van der Waals surface area contributed by atoms with Gasteiger partial charge in [-0.25, -0.2) is 0 Å². The van der Waals surface area contributed by atoms with Crippen molar-refractivity contribution in [1.82, 2.24) is 0 Å². The molecule has 2 heteroatoms. The van der Waals surface area contributed by atoms with Crippen molar-refractivity contribution in [3.05, 3.63) is 34.3 Å². The first-order chi connectivity index (χ1) is 8.16. The average Bonchev–Trinajstić information content (AvgIpc) is 2.82. The fourth-order valence-electron chi connectivity index (χ4n) is 3.06. The first-order valence-electron chi connectivity index (χ1n) is 6.59. The first kappa shape index (κ1) is 13.1. The molecule has 0 saturated heterocycles. The lowest BCUT2D eigenvalue weighted by Gasteiger charge is -2.33. The van der Waals surface area contributed by atoms with Gasteiger partial charge in [-0.15, -0.1) is 0 Å². The molecule has 1 atom stereocenters. The summed E-state index contributed by atoms with van der Waals surface area (Å²) in [6.45, 7) is 2.22. The molecule has 0 amide bonds. The molecule has 0 heterocycles. The Kier molecular flexibility index (Phi) is 4.26. The SMILES string of the molecule is CCC1(C(O)Cc2ccc(Br)cc2)CCCC1. The lowest BCUT2D eigenvalue weighted by atomic mass is 9.76. The highest BCUT2D eigenvalue weighted by molar-refractivity contribution is 9.10. The van der Waals surface area contributed by atoms with Crippen LogP contribution in [-0.2, 0) is 6.42 Å². The van der Waals surface area contributed by atoms with E-state index >= 15 is 0 Å². The van der Waals surface area contributed by atoms with Crippen molar-refractivity contribution in [3.8, 4) is 0 Å². The molecular weight excluding hydrogens is 276 g/mol. The summed E-state index contributed by atoms with van der Waals surface area (Å²) in [5.41, 5.74) is 1.42. The summed E-state index contributed by atoms with van der Waals surface area (Å²) < 4.78 is 1.10. The maximum atomic E-state index is 10.5. The van der Waals surface area contributed by atoms with E-state index in [2.05, 4.69) is 47.1 Å². The van der Waals surface area contributed by atoms with E-state index in [1.165, 1.54) is 31.2 Å². The maximum Gasteiger partial charge on any atom is 0.0636 e. The molecule has 1 saturated carbocycles. The second-order valence-electron chi connectivity index (χ2n) is 5.27. The van der Waals surface area contributed by atoms with Gasteiger partial charge < -0.3 is 5.11 Å². The van der Waals surface area contributed by atoms with Crippen LogP contribution in [0.15, 0.2) is 28.7 Å². The predicted octanol–water partition coefficient (Wildman–Crippen LogP) is 4.32. The molecule has 1 N–H and O–H groups in total. The van der Waals surface area contributed by atoms with Crippen LogP contribution in [0.3, 0.4) is 0 Å². The van der Waals surface area contributed by atoms with Gasteiger partial charge in [-0.3, -0.25) is 0 Å². The predicted molar refractivity (Wildman–Crippen MR) is 75.0 cm³/mol. The lowest BCUT2D eigenvalue weighted by Crippen LogP contribution is -2.33. The van der Waals surface area contributed by atoms with Crippen LogP contribution in [0.2, 0.25) is 0 Å². The average molecular weight is 297 g/mol. The largest absolute Gasteiger partial charge is 0.392 e. The van der Waals surface area contributed by atoms with E-state index in [9.17, 15) is 5.11 Å². The Morgan fingerprint density at radius 1 is 1.24 bits per heavy atom. The van der Waals surface area contributed by atoms with Crippen LogP contribution in [0, 0.1) is 5.41 Å². The third-order valence-electron chi connectivity index (χ3n) is 4.35. The van der Waals surface area contributed by atoms with Gasteiger partial charge in [0, 0.05) is 4.47 Å². The van der Waals surface area contributed by atoms with E-state index in [4.69, 9.17) is 0 Å². The Morgan fingerprint density at radius 3 is 2.35 bits per heavy atom. The smallest absolute Gasteiger partial charge is 0.0636 e. The van der Waals surface area contributed by atoms with Crippen molar-refractivity contribution in [2.45, 2.75) is 51.6 Å². The minimum atomic E-state index is -0.184. The molecule has 0 aromatic heterocycles. The third kappa shape index (κ3) is 2.92. The summed E-state index contributed by atoms with van der Waals surface area (Å²) in [6, 6.07) is 8.31. The summed E-state index contributed by atoms with van der Waals surface area (Å²) in [6.07, 6.45) is 6.67. The highest BCUT2D eigenvalue weighted by atomic mass is 79.9. The van der Waals surface area contributed by atoms with Crippen molar-refractivity contribution in [3.63, 3.8) is 0 Å². The van der Waals surface area contributed by atoms with Crippen molar-refractivity contribution >= 4 is 15.9 Å². The zero-order chi connectivity index (χ0) is 12.3. The van der Waals surface area contributed by atoms with Gasteiger partial charge in [-0.05, 0) is 48.8 Å². The molecular formula is C15H21BrO. The Labute approximate surface area is 112 Å². The van der Waals surface area contributed by atoms with E-state index in [0.29, 0.717) is 0 Å². The van der Waals surface area contributed by atoms with Gasteiger partial charge >= 0.3 is 0 Å². The topological polar surface area (TPSA) is 20.2 Å². The molecule has 1 unspecified atom stereocenters. The van der Waals surface area contributed by atoms with E-state index in [1.807, 2.05) is 0 Å². The first-order valence-corrected chi connectivity index (χ1v) is 7.38. The zero-order valence-electron chi connectivity index (χ0n) is 10.5. The number of benzene rings is 1. The molecule has 1 nitrogen and oxygen atoms in total. The molecule has 2 rings (SSSR count). The molecule has 0 spiro atoms. The third-order valence-corrected chi connectivity index (χ3v) is 4.88. The van der Waals surface area contributed by atoms with Gasteiger partial charge in [0.2, 0.25) is 0 Å². The van der Waals surface area contributed by atoms with Gasteiger partial charge in [-0.2, -0.15) is 0 Å². The molecule has 1 aliphatic carbocycles. The minimum absolute atomic E-state index is 0.184. The normalized spacial score (nSPS) is 20.4. The Hall–Kier alpha value is -0.340. The van der Waals surface area contributed by atoms with Crippen LogP contribution in [0.25, 0.3) is 0 Å². The quantitative estimate of drug-likeness (QED) is 0.877. The number of rotatable bonds is 4. The molecule has 1 aromatic carbocycles. The monoisotopic (exact) mass is 296 g/mol. The number of hydrogen-bond acceptors (Lipinski definition) is 1. The van der Waals surface area contributed by atoms with Crippen molar-refractivity contribution in [2.75, 3.05) is 0 Å². The van der Waals surface area contributed by atoms with Gasteiger partial charge in [0.05, 0.1) is 6.10 Å². The standard InChI is InChI=1S/C15H21BrO/c1-2-15(9-3-4-10-15)14(17)11-12-5-7-13(16)8-6-12/h5-8,14,17H,2-4,9-11H2,1H3. The second-order valence-corrected chi connectivity index (χ2v) is 6.19. The molecule has 1 aromatic rings. The molecule has 0 radical (unpaired) electrons. The van der Waals surface area contributed by atoms with Crippen LogP contribution in [0.4, 0.5) is 0 Å². The molecule has 94 valence electrons. The van der Waals surface area contributed by atoms with Crippen molar-refractivity contribution in [1.29, 1.82) is 0 Å². The van der Waals surface area contributed by atoms with Gasteiger partial charge in [-0.1, -0.05) is 47.8 Å². The van der Waals surface area contributed by atoms with E-state index in [1.54, 1.807) is 0 Å². The summed E-state index contributed by atoms with van der Waals surface area (Å²) in [5.74, 6) is 0. The Bertz CT molecular complexity index is 352. The van der Waals surface area contributed by atoms with E-state index in [-0.39, 0.29) is 11.5 Å². The number of aliphatic hydroxyl groups is 1. The molecule has 1 aliphatic rings. The van der Waals surface area contributed by atoms with Crippen LogP contribution >= 0.6 is 15.9 Å². The summed E-state index contributed by atoms with van der Waals surface area (Å²) in [5, 5.41) is 10.5. The molecule has 0 bridgehead atoms. The molecule has 1 fully saturated rings. The Morgan fingerprint density at radius 2 is 1.82 bits per heavy atom. The maximum absolute atomic E-state index is 10.5. The summed E-state index contributed by atoms with van der Waals surface area (Å²) in [7, 11) is 0. The fraction of sp³-hybridized carbons (Fsp3) is 0.600. The number of hydrogen-bond donors (Lipinski definition) is 1. The number of halogens is 1. The van der Waals surface area contributed by atoms with Gasteiger partial charge in [0.25, 0.3) is 0 Å². The fourth-order valence-corrected chi connectivity index (χ4v) is 3.33. The highest BCUT2D eigenvalue weighted by Crippen LogP contribution is 2.44. The minimum Gasteiger partial charge on any atom is -0.392 e. The Balaban J connectivity index is 2.05. The molecule has 0 aliphatic heterocycles. The van der Waals surface area contributed by atoms with E-state index in [0.717, 1.165) is 17.3 Å². The van der Waals surface area contributed by atoms with Crippen LogP contribution in [-0.4, -0.2) is 11.2 Å². The summed E-state index contributed by atoms with van der Waals surface area (Å²) >= 11 is 3.44. The number of aliphatic hydroxyl groups excluding tert-OH is 1. The van der Waals surface area contributed by atoms with Gasteiger partial charge in [0.1, 0.15) is 0 Å². The van der Waals surface area contributed by atoms with Crippen LogP contribution < -0.4 is 0 Å². The van der Waals surface area contributed by atoms with Crippen molar-refractivity contribution < 1.29 is 5.11 Å².